The van der Waals surface area contributed by atoms with Crippen LogP contribution in [0.4, 0.5) is 0 Å². The van der Waals surface area contributed by atoms with Crippen LogP contribution >= 0.6 is 0 Å². The van der Waals surface area contributed by atoms with E-state index in [0.717, 1.165) is 18.4 Å². The first-order valence-electron chi connectivity index (χ1n) is 9.13. The Bertz CT molecular complexity index is 657. The topological polar surface area (TPSA) is 102 Å². The molecule has 1 amide bonds. The molecule has 0 bridgehead atoms. The number of rotatable bonds is 10. The van der Waals surface area contributed by atoms with E-state index in [4.69, 9.17) is 15.6 Å². The van der Waals surface area contributed by atoms with Crippen LogP contribution in [-0.4, -0.2) is 42.8 Å². The normalized spacial score (nSPS) is 17.2. The van der Waals surface area contributed by atoms with E-state index in [1.807, 2.05) is 12.1 Å². The number of carbonyl (C=O) groups excluding carboxylic acids is 1. The first-order chi connectivity index (χ1) is 12.5. The molecule has 0 saturated heterocycles. The minimum atomic E-state index is -0.900. The molecule has 2 rings (SSSR count). The molecule has 1 aromatic carbocycles. The SMILES string of the molecule is CCC1C=C(C[C@@H](N)C(=O)NCCOCCC(=O)O)c2ccccc2C1. The van der Waals surface area contributed by atoms with Gasteiger partial charge in [0.05, 0.1) is 25.7 Å². The van der Waals surface area contributed by atoms with Gasteiger partial charge in [-0.05, 0) is 41.9 Å². The molecule has 1 unspecified atom stereocenters. The number of carboxylic acids is 1. The highest BCUT2D eigenvalue weighted by Gasteiger charge is 2.22. The number of amides is 1. The Morgan fingerprint density at radius 3 is 2.85 bits per heavy atom. The van der Waals surface area contributed by atoms with Crippen molar-refractivity contribution in [3.05, 3.63) is 41.5 Å². The lowest BCUT2D eigenvalue weighted by molar-refractivity contribution is -0.138. The second-order valence-electron chi connectivity index (χ2n) is 6.58. The van der Waals surface area contributed by atoms with E-state index in [-0.39, 0.29) is 25.5 Å². The lowest BCUT2D eigenvalue weighted by atomic mass is 9.81. The van der Waals surface area contributed by atoms with Crippen LogP contribution in [0.3, 0.4) is 0 Å². The molecule has 0 radical (unpaired) electrons. The monoisotopic (exact) mass is 360 g/mol. The Balaban J connectivity index is 1.84. The Morgan fingerprint density at radius 1 is 1.35 bits per heavy atom. The molecule has 0 spiro atoms. The van der Waals surface area contributed by atoms with Crippen molar-refractivity contribution in [1.29, 1.82) is 0 Å². The first-order valence-corrected chi connectivity index (χ1v) is 9.13. The molecule has 2 atom stereocenters. The van der Waals surface area contributed by atoms with E-state index in [9.17, 15) is 9.59 Å². The van der Waals surface area contributed by atoms with Crippen LogP contribution < -0.4 is 11.1 Å². The standard InChI is InChI=1S/C20H28N2O4/c1-2-14-11-15-5-3-4-6-17(15)16(12-14)13-18(21)20(25)22-8-10-26-9-7-19(23)24/h3-6,12,14,18H,2,7-11,13,21H2,1H3,(H,22,25)(H,23,24)/t14?,18-/m1/s1. The maximum atomic E-state index is 12.2. The number of carboxylic acid groups (broad SMARTS) is 1. The van der Waals surface area contributed by atoms with Gasteiger partial charge in [0.2, 0.25) is 5.91 Å². The molecule has 1 aliphatic rings. The zero-order valence-electron chi connectivity index (χ0n) is 15.2. The van der Waals surface area contributed by atoms with E-state index in [2.05, 4.69) is 30.4 Å². The summed E-state index contributed by atoms with van der Waals surface area (Å²) in [5.41, 5.74) is 9.75. The van der Waals surface area contributed by atoms with Gasteiger partial charge in [-0.2, -0.15) is 0 Å². The van der Waals surface area contributed by atoms with Crippen LogP contribution in [0.1, 0.15) is 37.3 Å². The van der Waals surface area contributed by atoms with Crippen molar-refractivity contribution >= 4 is 17.4 Å². The summed E-state index contributed by atoms with van der Waals surface area (Å²) in [6, 6.07) is 7.67. The maximum Gasteiger partial charge on any atom is 0.305 e. The summed E-state index contributed by atoms with van der Waals surface area (Å²) in [6.07, 6.45) is 4.81. The fourth-order valence-corrected chi connectivity index (χ4v) is 3.14. The van der Waals surface area contributed by atoms with Gasteiger partial charge in [0, 0.05) is 6.54 Å². The highest BCUT2D eigenvalue weighted by Crippen LogP contribution is 2.33. The van der Waals surface area contributed by atoms with Gasteiger partial charge in [0.15, 0.2) is 0 Å². The van der Waals surface area contributed by atoms with Crippen LogP contribution in [0.25, 0.3) is 5.57 Å². The van der Waals surface area contributed by atoms with Gasteiger partial charge >= 0.3 is 5.97 Å². The van der Waals surface area contributed by atoms with Gasteiger partial charge in [0.25, 0.3) is 0 Å². The lowest BCUT2D eigenvalue weighted by Gasteiger charge is -2.25. The molecule has 1 aliphatic carbocycles. The second-order valence-corrected chi connectivity index (χ2v) is 6.58. The number of hydrogen-bond donors (Lipinski definition) is 3. The molecule has 1 aromatic rings. The van der Waals surface area contributed by atoms with Crippen LogP contribution in [0, 0.1) is 5.92 Å². The third-order valence-electron chi connectivity index (χ3n) is 4.59. The predicted octanol–water partition coefficient (Wildman–Crippen LogP) is 1.98. The van der Waals surface area contributed by atoms with Crippen molar-refractivity contribution in [1.82, 2.24) is 5.32 Å². The minimum Gasteiger partial charge on any atom is -0.481 e. The number of aliphatic carboxylic acids is 1. The van der Waals surface area contributed by atoms with Gasteiger partial charge < -0.3 is 20.9 Å². The zero-order valence-corrected chi connectivity index (χ0v) is 15.2. The van der Waals surface area contributed by atoms with Gasteiger partial charge in [-0.15, -0.1) is 0 Å². The van der Waals surface area contributed by atoms with Gasteiger partial charge in [-0.1, -0.05) is 37.3 Å². The summed E-state index contributed by atoms with van der Waals surface area (Å²) in [5.74, 6) is -0.635. The summed E-state index contributed by atoms with van der Waals surface area (Å²) in [5, 5.41) is 11.3. The molecule has 0 fully saturated rings. The van der Waals surface area contributed by atoms with Crippen molar-refractivity contribution in [3.8, 4) is 0 Å². The largest absolute Gasteiger partial charge is 0.481 e. The molecule has 6 nitrogen and oxygen atoms in total. The van der Waals surface area contributed by atoms with E-state index >= 15 is 0 Å². The molecule has 0 heterocycles. The predicted molar refractivity (Wildman–Crippen MR) is 101 cm³/mol. The number of ether oxygens (including phenoxy) is 1. The van der Waals surface area contributed by atoms with Gasteiger partial charge in [0.1, 0.15) is 0 Å². The highest BCUT2D eigenvalue weighted by atomic mass is 16.5. The molecular weight excluding hydrogens is 332 g/mol. The summed E-state index contributed by atoms with van der Waals surface area (Å²) in [4.78, 5) is 22.6. The summed E-state index contributed by atoms with van der Waals surface area (Å²) in [7, 11) is 0. The fraction of sp³-hybridized carbons (Fsp3) is 0.500. The van der Waals surface area contributed by atoms with Crippen LogP contribution in [0.15, 0.2) is 30.3 Å². The Labute approximate surface area is 154 Å². The third-order valence-corrected chi connectivity index (χ3v) is 4.59. The molecule has 142 valence electrons. The van der Waals surface area contributed by atoms with Crippen molar-refractivity contribution in [3.63, 3.8) is 0 Å². The molecule has 0 aliphatic heterocycles. The number of fused-ring (bicyclic) bond motifs is 1. The van der Waals surface area contributed by atoms with Crippen LogP contribution in [-0.2, 0) is 20.7 Å². The van der Waals surface area contributed by atoms with Crippen molar-refractivity contribution in [2.24, 2.45) is 11.7 Å². The second kappa shape index (κ2) is 10.1. The van der Waals surface area contributed by atoms with Crippen molar-refractivity contribution in [2.75, 3.05) is 19.8 Å². The number of allylic oxidation sites excluding steroid dienone is 1. The summed E-state index contributed by atoms with van der Waals surface area (Å²) in [6.45, 7) is 2.90. The Kier molecular flexibility index (Phi) is 7.81. The number of nitrogens with one attached hydrogen (secondary N) is 1. The van der Waals surface area contributed by atoms with Gasteiger partial charge in [-0.25, -0.2) is 0 Å². The van der Waals surface area contributed by atoms with Crippen LogP contribution in [0.5, 0.6) is 0 Å². The molecule has 26 heavy (non-hydrogen) atoms. The summed E-state index contributed by atoms with van der Waals surface area (Å²) < 4.78 is 5.15. The minimum absolute atomic E-state index is 0.0420. The lowest BCUT2D eigenvalue weighted by Crippen LogP contribution is -2.42. The first kappa shape index (κ1) is 20.1. The van der Waals surface area contributed by atoms with Crippen molar-refractivity contribution in [2.45, 2.75) is 38.6 Å². The number of nitrogens with two attached hydrogens (primary N) is 1. The van der Waals surface area contributed by atoms with E-state index < -0.39 is 12.0 Å². The number of benzene rings is 1. The fourth-order valence-electron chi connectivity index (χ4n) is 3.14. The quantitative estimate of drug-likeness (QED) is 0.554. The molecule has 4 N–H and O–H groups in total. The third kappa shape index (κ3) is 5.97. The van der Waals surface area contributed by atoms with Crippen LogP contribution in [0.2, 0.25) is 0 Å². The Hall–Kier alpha value is -2.18. The van der Waals surface area contributed by atoms with Crippen molar-refractivity contribution < 1.29 is 19.4 Å². The average molecular weight is 360 g/mol. The van der Waals surface area contributed by atoms with E-state index in [1.165, 1.54) is 11.1 Å². The number of hydrogen-bond acceptors (Lipinski definition) is 4. The van der Waals surface area contributed by atoms with Gasteiger partial charge in [-0.3, -0.25) is 9.59 Å². The van der Waals surface area contributed by atoms with E-state index in [0.29, 0.717) is 18.9 Å². The highest BCUT2D eigenvalue weighted by molar-refractivity contribution is 5.84. The molecule has 0 aromatic heterocycles. The molecule has 6 heteroatoms. The maximum absolute atomic E-state index is 12.2. The zero-order chi connectivity index (χ0) is 18.9. The summed E-state index contributed by atoms with van der Waals surface area (Å²) >= 11 is 0. The number of carbonyl (C=O) groups is 2. The Morgan fingerprint density at radius 2 is 2.12 bits per heavy atom. The average Bonchev–Trinajstić information content (AvgIpc) is 2.63. The smallest absolute Gasteiger partial charge is 0.305 e. The van der Waals surface area contributed by atoms with E-state index in [1.54, 1.807) is 0 Å². The molecular formula is C20H28N2O4. The molecule has 0 saturated carbocycles.